The van der Waals surface area contributed by atoms with Crippen LogP contribution in [0.3, 0.4) is 0 Å². The van der Waals surface area contributed by atoms with Gasteiger partial charge in [0.05, 0.1) is 24.4 Å². The Balaban J connectivity index is 1.57. The summed E-state index contributed by atoms with van der Waals surface area (Å²) in [6.07, 6.45) is 6.77. The summed E-state index contributed by atoms with van der Waals surface area (Å²) in [4.78, 5) is 4.37. The van der Waals surface area contributed by atoms with Crippen molar-refractivity contribution in [1.82, 2.24) is 29.9 Å². The van der Waals surface area contributed by atoms with Gasteiger partial charge < -0.3 is 10.1 Å². The molecule has 1 aliphatic rings. The maximum atomic E-state index is 5.90. The molecule has 23 heavy (non-hydrogen) atoms. The van der Waals surface area contributed by atoms with Crippen molar-refractivity contribution in [3.8, 4) is 0 Å². The Bertz CT molecular complexity index is 641. The molecule has 2 atom stereocenters. The Morgan fingerprint density at radius 2 is 2.17 bits per heavy atom. The summed E-state index contributed by atoms with van der Waals surface area (Å²) >= 11 is 0. The Kier molecular flexibility index (Phi) is 4.50. The third-order valence-electron chi connectivity index (χ3n) is 4.21. The second-order valence-corrected chi connectivity index (χ2v) is 7.18. The molecule has 1 saturated heterocycles. The van der Waals surface area contributed by atoms with Gasteiger partial charge in [0.15, 0.2) is 0 Å². The van der Waals surface area contributed by atoms with E-state index in [9.17, 15) is 0 Å². The fourth-order valence-electron chi connectivity index (χ4n) is 3.11. The number of nitrogens with zero attached hydrogens (tertiary/aromatic N) is 5. The molecule has 126 valence electrons. The van der Waals surface area contributed by atoms with E-state index >= 15 is 0 Å². The van der Waals surface area contributed by atoms with Gasteiger partial charge in [-0.1, -0.05) is 0 Å². The van der Waals surface area contributed by atoms with Crippen molar-refractivity contribution in [2.45, 2.75) is 45.4 Å². The summed E-state index contributed by atoms with van der Waals surface area (Å²) in [5.41, 5.74) is 1.11. The van der Waals surface area contributed by atoms with Gasteiger partial charge in [0.2, 0.25) is 0 Å². The van der Waals surface area contributed by atoms with Crippen LogP contribution < -0.4 is 5.32 Å². The second kappa shape index (κ2) is 6.41. The highest BCUT2D eigenvalue weighted by atomic mass is 16.5. The number of hydrogen-bond donors (Lipinski definition) is 1. The molecule has 2 aromatic heterocycles. The van der Waals surface area contributed by atoms with Crippen LogP contribution in [0.5, 0.6) is 0 Å². The largest absolute Gasteiger partial charge is 0.373 e. The number of hydrogen-bond acceptors (Lipinski definition) is 5. The second-order valence-electron chi connectivity index (χ2n) is 7.18. The summed E-state index contributed by atoms with van der Waals surface area (Å²) in [6.45, 7) is 8.82. The van der Waals surface area contributed by atoms with Gasteiger partial charge in [-0.2, -0.15) is 10.2 Å². The van der Waals surface area contributed by atoms with Gasteiger partial charge in [0.25, 0.3) is 0 Å². The minimum atomic E-state index is -0.0533. The highest BCUT2D eigenvalue weighted by Crippen LogP contribution is 2.33. The molecule has 1 fully saturated rings. The van der Waals surface area contributed by atoms with E-state index in [1.54, 1.807) is 6.33 Å². The maximum absolute atomic E-state index is 5.90. The highest BCUT2D eigenvalue weighted by Gasteiger charge is 2.30. The Hall–Kier alpha value is -1.73. The van der Waals surface area contributed by atoms with Crippen molar-refractivity contribution in [1.29, 1.82) is 0 Å². The first kappa shape index (κ1) is 16.1. The van der Waals surface area contributed by atoms with Crippen molar-refractivity contribution >= 4 is 0 Å². The van der Waals surface area contributed by atoms with Crippen molar-refractivity contribution in [2.24, 2.45) is 13.0 Å². The van der Waals surface area contributed by atoms with Crippen molar-refractivity contribution < 1.29 is 4.74 Å². The number of ether oxygens (including phenoxy) is 1. The minimum Gasteiger partial charge on any atom is -0.373 e. The molecule has 0 radical (unpaired) electrons. The molecule has 1 aliphatic heterocycles. The van der Waals surface area contributed by atoms with Gasteiger partial charge in [-0.25, -0.2) is 9.67 Å². The van der Waals surface area contributed by atoms with E-state index in [0.717, 1.165) is 31.0 Å². The van der Waals surface area contributed by atoms with Crippen LogP contribution in [0.15, 0.2) is 18.7 Å². The first-order chi connectivity index (χ1) is 10.9. The lowest BCUT2D eigenvalue weighted by Crippen LogP contribution is -2.30. The van der Waals surface area contributed by atoms with E-state index in [1.807, 2.05) is 28.8 Å². The van der Waals surface area contributed by atoms with E-state index < -0.39 is 0 Å². The molecule has 3 heterocycles. The lowest BCUT2D eigenvalue weighted by atomic mass is 9.97. The molecule has 0 amide bonds. The summed E-state index contributed by atoms with van der Waals surface area (Å²) in [5, 5.41) is 12.1. The molecule has 0 saturated carbocycles. The highest BCUT2D eigenvalue weighted by molar-refractivity contribution is 5.11. The summed E-state index contributed by atoms with van der Waals surface area (Å²) in [7, 11) is 1.94. The average molecular weight is 318 g/mol. The van der Waals surface area contributed by atoms with E-state index in [4.69, 9.17) is 4.74 Å². The van der Waals surface area contributed by atoms with Gasteiger partial charge in [-0.05, 0) is 27.2 Å². The first-order valence-electron chi connectivity index (χ1n) is 8.15. The number of rotatable bonds is 5. The van der Waals surface area contributed by atoms with Crippen LogP contribution in [0.25, 0.3) is 0 Å². The zero-order chi connectivity index (χ0) is 16.4. The van der Waals surface area contributed by atoms with Gasteiger partial charge in [-0.15, -0.1) is 0 Å². The van der Waals surface area contributed by atoms with Crippen LogP contribution in [0.4, 0.5) is 0 Å². The van der Waals surface area contributed by atoms with Crippen LogP contribution in [-0.4, -0.2) is 37.7 Å². The predicted octanol–water partition coefficient (Wildman–Crippen LogP) is 1.63. The molecule has 2 aromatic rings. The molecule has 0 aromatic carbocycles. The Morgan fingerprint density at radius 3 is 2.87 bits per heavy atom. The Labute approximate surface area is 137 Å². The van der Waals surface area contributed by atoms with E-state index in [1.165, 1.54) is 0 Å². The Morgan fingerprint density at radius 1 is 1.35 bits per heavy atom. The normalized spacial score (nSPS) is 21.9. The summed E-state index contributed by atoms with van der Waals surface area (Å²) in [5.74, 6) is 1.43. The molecule has 7 heteroatoms. The topological polar surface area (TPSA) is 69.8 Å². The van der Waals surface area contributed by atoms with Crippen molar-refractivity contribution in [3.63, 3.8) is 0 Å². The lowest BCUT2D eigenvalue weighted by molar-refractivity contribution is 0.0903. The molecule has 3 rings (SSSR count). The molecular weight excluding hydrogens is 292 g/mol. The minimum absolute atomic E-state index is 0.0533. The van der Waals surface area contributed by atoms with Gasteiger partial charge >= 0.3 is 0 Å². The monoisotopic (exact) mass is 318 g/mol. The number of nitrogens with one attached hydrogen (secondary N) is 1. The molecule has 1 N–H and O–H groups in total. The lowest BCUT2D eigenvalue weighted by Gasteiger charge is -2.22. The van der Waals surface area contributed by atoms with Crippen LogP contribution in [-0.2, 0) is 23.9 Å². The fraction of sp³-hybridized carbons (Fsp3) is 0.688. The predicted molar refractivity (Wildman–Crippen MR) is 86.7 cm³/mol. The summed E-state index contributed by atoms with van der Waals surface area (Å²) in [6, 6.07) is 0. The number of aromatic nitrogens is 5. The summed E-state index contributed by atoms with van der Waals surface area (Å²) < 4.78 is 9.71. The fourth-order valence-corrected chi connectivity index (χ4v) is 3.11. The third-order valence-corrected chi connectivity index (χ3v) is 4.21. The standard InChI is InChI=1S/C16H26N6O/c1-16(2,3)22-14(18-11-20-22)9-17-7-12-5-6-23-15(12)13-8-19-21(4)10-13/h8,10-12,15,17H,5-7,9H2,1-4H3/t12-,15+/m1/s1. The molecule has 0 aliphatic carbocycles. The van der Waals surface area contributed by atoms with Crippen LogP contribution in [0.1, 0.15) is 44.7 Å². The SMILES string of the molecule is Cn1cc([C@H]2OCC[C@@H]2CNCc2ncnn2C(C)(C)C)cn1. The van der Waals surface area contributed by atoms with Crippen LogP contribution in [0.2, 0.25) is 0 Å². The van der Waals surface area contributed by atoms with Crippen LogP contribution in [0, 0.1) is 5.92 Å². The van der Waals surface area contributed by atoms with Crippen LogP contribution >= 0.6 is 0 Å². The average Bonchev–Trinajstić information content (AvgIpc) is 3.17. The van der Waals surface area contributed by atoms with E-state index in [2.05, 4.69) is 41.3 Å². The quantitative estimate of drug-likeness (QED) is 0.907. The molecule has 7 nitrogen and oxygen atoms in total. The first-order valence-corrected chi connectivity index (χ1v) is 8.15. The van der Waals surface area contributed by atoms with Crippen molar-refractivity contribution in [3.05, 3.63) is 30.1 Å². The van der Waals surface area contributed by atoms with Crippen molar-refractivity contribution in [2.75, 3.05) is 13.2 Å². The molecule has 0 unspecified atom stereocenters. The van der Waals surface area contributed by atoms with E-state index in [-0.39, 0.29) is 11.6 Å². The van der Waals surface area contributed by atoms with E-state index in [0.29, 0.717) is 12.5 Å². The molecular formula is C16H26N6O. The molecule has 0 bridgehead atoms. The third kappa shape index (κ3) is 3.61. The van der Waals surface area contributed by atoms with Gasteiger partial charge in [0, 0.05) is 37.9 Å². The van der Waals surface area contributed by atoms with Gasteiger partial charge in [0.1, 0.15) is 12.2 Å². The zero-order valence-corrected chi connectivity index (χ0v) is 14.4. The number of aryl methyl sites for hydroxylation is 1. The zero-order valence-electron chi connectivity index (χ0n) is 14.4. The maximum Gasteiger partial charge on any atom is 0.141 e. The smallest absolute Gasteiger partial charge is 0.141 e. The van der Waals surface area contributed by atoms with Gasteiger partial charge in [-0.3, -0.25) is 4.68 Å². The molecule has 0 spiro atoms.